The van der Waals surface area contributed by atoms with Crippen LogP contribution in [0.15, 0.2) is 21.9 Å². The van der Waals surface area contributed by atoms with Crippen LogP contribution in [0.3, 0.4) is 0 Å². The number of rotatable bonds is 8. The molecule has 0 saturated heterocycles. The predicted molar refractivity (Wildman–Crippen MR) is 80.1 cm³/mol. The first-order valence-corrected chi connectivity index (χ1v) is 8.28. The van der Waals surface area contributed by atoms with Crippen molar-refractivity contribution in [2.45, 2.75) is 32.4 Å². The zero-order valence-corrected chi connectivity index (χ0v) is 13.4. The molecule has 2 unspecified atom stereocenters. The maximum absolute atomic E-state index is 11.9. The van der Waals surface area contributed by atoms with Crippen molar-refractivity contribution in [3.63, 3.8) is 0 Å². The van der Waals surface area contributed by atoms with E-state index in [9.17, 15) is 9.59 Å². The van der Waals surface area contributed by atoms with E-state index < -0.39 is 8.38 Å². The Labute approximate surface area is 124 Å². The summed E-state index contributed by atoms with van der Waals surface area (Å²) in [5, 5.41) is 8.45. The highest BCUT2D eigenvalue weighted by Crippen LogP contribution is 2.36. The Hall–Kier alpha value is -1.48. The molecular weight excluding hydrogens is 293 g/mol. The molecule has 0 fully saturated rings. The smallest absolute Gasteiger partial charge is 0.330 e. The second-order valence-corrected chi connectivity index (χ2v) is 5.81. The van der Waals surface area contributed by atoms with Crippen LogP contribution in [0.4, 0.5) is 0 Å². The van der Waals surface area contributed by atoms with Crippen LogP contribution in [0.5, 0.6) is 0 Å². The fraction of sp³-hybridized carbons (Fsp3) is 0.615. The van der Waals surface area contributed by atoms with Gasteiger partial charge in [0.25, 0.3) is 5.56 Å². The Bertz CT molecular complexity index is 605. The van der Waals surface area contributed by atoms with Crippen LogP contribution in [0.1, 0.15) is 19.8 Å². The van der Waals surface area contributed by atoms with Crippen molar-refractivity contribution in [3.8, 4) is 6.07 Å². The second kappa shape index (κ2) is 8.73. The molecule has 0 bridgehead atoms. The lowest BCUT2D eigenvalue weighted by atomic mass is 10.3. The van der Waals surface area contributed by atoms with Crippen LogP contribution < -0.4 is 11.2 Å². The summed E-state index contributed by atoms with van der Waals surface area (Å²) in [7, 11) is 0.353. The van der Waals surface area contributed by atoms with Crippen LogP contribution in [-0.4, -0.2) is 28.5 Å². The van der Waals surface area contributed by atoms with Crippen molar-refractivity contribution >= 4 is 8.38 Å². The number of hydrogen-bond donors (Lipinski definition) is 0. The molecule has 0 N–H and O–H groups in total. The molecule has 1 heterocycles. The summed E-state index contributed by atoms with van der Waals surface area (Å²) in [5.41, 5.74) is -0.696. The second-order valence-electron chi connectivity index (χ2n) is 4.46. The molecule has 116 valence electrons. The minimum atomic E-state index is -1.09. The van der Waals surface area contributed by atoms with E-state index in [1.807, 2.05) is 19.7 Å². The van der Waals surface area contributed by atoms with Crippen molar-refractivity contribution in [1.82, 2.24) is 9.13 Å². The molecule has 21 heavy (non-hydrogen) atoms. The summed E-state index contributed by atoms with van der Waals surface area (Å²) in [6.45, 7) is 4.47. The van der Waals surface area contributed by atoms with Gasteiger partial charge >= 0.3 is 5.69 Å². The Morgan fingerprint density at radius 2 is 2.19 bits per heavy atom. The monoisotopic (exact) mass is 313 g/mol. The summed E-state index contributed by atoms with van der Waals surface area (Å²) in [6.07, 6.45) is 2.33. The van der Waals surface area contributed by atoms with Gasteiger partial charge in [0.05, 0.1) is 31.7 Å². The van der Waals surface area contributed by atoms with Crippen molar-refractivity contribution in [1.29, 1.82) is 5.26 Å². The first kappa shape index (κ1) is 17.6. The van der Waals surface area contributed by atoms with Crippen LogP contribution >= 0.6 is 8.38 Å². The molecular formula is C13H20N3O4P. The average molecular weight is 313 g/mol. The highest BCUT2D eigenvalue weighted by molar-refractivity contribution is 7.46. The van der Waals surface area contributed by atoms with Gasteiger partial charge in [-0.2, -0.15) is 5.26 Å². The molecule has 0 amide bonds. The Morgan fingerprint density at radius 3 is 2.81 bits per heavy atom. The summed E-state index contributed by atoms with van der Waals surface area (Å²) < 4.78 is 13.7. The number of hydrogen-bond acceptors (Lipinski definition) is 5. The summed E-state index contributed by atoms with van der Waals surface area (Å²) in [4.78, 5) is 23.3. The molecule has 0 aliphatic heterocycles. The van der Waals surface area contributed by atoms with Gasteiger partial charge in [-0.15, -0.1) is 0 Å². The van der Waals surface area contributed by atoms with E-state index in [1.54, 1.807) is 0 Å². The quantitative estimate of drug-likeness (QED) is 0.532. The maximum Gasteiger partial charge on any atom is 0.330 e. The van der Waals surface area contributed by atoms with E-state index in [0.717, 1.165) is 4.57 Å². The van der Waals surface area contributed by atoms with Gasteiger partial charge in [-0.05, 0) is 6.42 Å². The van der Waals surface area contributed by atoms with Crippen molar-refractivity contribution < 1.29 is 9.05 Å². The molecule has 0 radical (unpaired) electrons. The van der Waals surface area contributed by atoms with Gasteiger partial charge < -0.3 is 9.05 Å². The molecule has 0 spiro atoms. The van der Waals surface area contributed by atoms with Crippen molar-refractivity contribution in [3.05, 3.63) is 33.1 Å². The van der Waals surface area contributed by atoms with E-state index in [4.69, 9.17) is 14.3 Å². The third-order valence-electron chi connectivity index (χ3n) is 2.90. The van der Waals surface area contributed by atoms with Crippen LogP contribution in [-0.2, 0) is 22.6 Å². The molecule has 1 rings (SSSR count). The molecule has 0 saturated carbocycles. The lowest BCUT2D eigenvalue weighted by Crippen LogP contribution is -2.38. The van der Waals surface area contributed by atoms with E-state index in [2.05, 4.69) is 0 Å². The fourth-order valence-electron chi connectivity index (χ4n) is 1.67. The third kappa shape index (κ3) is 5.43. The standard InChI is InChI=1S/C13H20N3O4P/c1-4-11(20-21(3)19-9-5-7-14)10-16-8-6-12(17)15(2)13(16)18/h6,8,11H,4-5,9-10H2,1-3H3. The Kier molecular flexibility index (Phi) is 7.30. The van der Waals surface area contributed by atoms with Crippen molar-refractivity contribution in [2.75, 3.05) is 13.3 Å². The first-order valence-electron chi connectivity index (χ1n) is 6.66. The molecule has 1 aromatic heterocycles. The zero-order chi connectivity index (χ0) is 15.8. The summed E-state index contributed by atoms with van der Waals surface area (Å²) in [5.74, 6) is 0. The van der Waals surface area contributed by atoms with Crippen LogP contribution in [0, 0.1) is 11.3 Å². The Balaban J connectivity index is 2.67. The Morgan fingerprint density at radius 1 is 1.48 bits per heavy atom. The highest BCUT2D eigenvalue weighted by Gasteiger charge is 2.14. The SMILES string of the molecule is CCC(Cn1ccc(=O)n(C)c1=O)OP(C)OCCC#N. The average Bonchev–Trinajstić information content (AvgIpc) is 2.47. The number of aromatic nitrogens is 2. The fourth-order valence-corrected chi connectivity index (χ4v) is 2.72. The van der Waals surface area contributed by atoms with E-state index >= 15 is 0 Å². The topological polar surface area (TPSA) is 86.2 Å². The number of nitrogens with zero attached hydrogens (tertiary/aromatic N) is 3. The molecule has 0 aromatic carbocycles. The molecule has 7 nitrogen and oxygen atoms in total. The third-order valence-corrected chi connectivity index (χ3v) is 4.04. The first-order chi connectivity index (χ1) is 9.99. The molecule has 2 atom stereocenters. The largest absolute Gasteiger partial charge is 0.333 e. The molecule has 8 heteroatoms. The van der Waals surface area contributed by atoms with Gasteiger partial charge in [0.2, 0.25) is 0 Å². The van der Waals surface area contributed by atoms with E-state index in [0.29, 0.717) is 26.0 Å². The minimum Gasteiger partial charge on any atom is -0.333 e. The molecule has 1 aromatic rings. The summed E-state index contributed by atoms with van der Waals surface area (Å²) >= 11 is 0. The lowest BCUT2D eigenvalue weighted by Gasteiger charge is -2.21. The maximum atomic E-state index is 11.9. The van der Waals surface area contributed by atoms with Gasteiger partial charge in [0, 0.05) is 26.0 Å². The lowest BCUT2D eigenvalue weighted by molar-refractivity contribution is 0.159. The van der Waals surface area contributed by atoms with Gasteiger partial charge in [-0.25, -0.2) is 4.79 Å². The summed E-state index contributed by atoms with van der Waals surface area (Å²) in [6, 6.07) is 3.35. The van der Waals surface area contributed by atoms with Gasteiger partial charge in [-0.1, -0.05) is 6.92 Å². The zero-order valence-electron chi connectivity index (χ0n) is 12.5. The normalized spacial score (nSPS) is 13.6. The van der Waals surface area contributed by atoms with Crippen molar-refractivity contribution in [2.24, 2.45) is 7.05 Å². The predicted octanol–water partition coefficient (Wildman–Crippen LogP) is 1.21. The van der Waals surface area contributed by atoms with Crippen LogP contribution in [0.25, 0.3) is 0 Å². The van der Waals surface area contributed by atoms with E-state index in [1.165, 1.54) is 23.9 Å². The van der Waals surface area contributed by atoms with E-state index in [-0.39, 0.29) is 17.4 Å². The van der Waals surface area contributed by atoms with Gasteiger partial charge in [-0.3, -0.25) is 13.9 Å². The molecule has 0 aliphatic carbocycles. The van der Waals surface area contributed by atoms with Gasteiger partial charge in [0.15, 0.2) is 8.38 Å². The minimum absolute atomic E-state index is 0.182. The number of nitriles is 1. The molecule has 0 aliphatic rings. The van der Waals surface area contributed by atoms with Crippen LogP contribution in [0.2, 0.25) is 0 Å². The van der Waals surface area contributed by atoms with Gasteiger partial charge in [0.1, 0.15) is 0 Å². The highest BCUT2D eigenvalue weighted by atomic mass is 31.2.